The minimum Gasteiger partial charge on any atom is -0.489 e. The predicted molar refractivity (Wildman–Crippen MR) is 114 cm³/mol. The number of allylic oxidation sites excluding steroid dienone is 1. The van der Waals surface area contributed by atoms with Crippen LogP contribution in [0.2, 0.25) is 5.02 Å². The summed E-state index contributed by atoms with van der Waals surface area (Å²) in [5, 5.41) is 0.300. The van der Waals surface area contributed by atoms with Crippen LogP contribution in [-0.4, -0.2) is 5.78 Å². The number of ether oxygens (including phenoxy) is 2. The van der Waals surface area contributed by atoms with Gasteiger partial charge in [0.05, 0.1) is 10.6 Å². The van der Waals surface area contributed by atoms with Gasteiger partial charge in [-0.3, -0.25) is 4.79 Å². The third kappa shape index (κ3) is 4.21. The molecule has 1 aliphatic heterocycles. The van der Waals surface area contributed by atoms with E-state index in [2.05, 4.69) is 15.9 Å². The molecule has 29 heavy (non-hydrogen) atoms. The van der Waals surface area contributed by atoms with Crippen molar-refractivity contribution in [1.29, 1.82) is 0 Å². The fourth-order valence-corrected chi connectivity index (χ4v) is 3.75. The Labute approximate surface area is 180 Å². The van der Waals surface area contributed by atoms with Crippen LogP contribution in [0.25, 0.3) is 6.08 Å². The van der Waals surface area contributed by atoms with Gasteiger partial charge in [0, 0.05) is 16.1 Å². The molecular formula is C23H15BrClFO3. The van der Waals surface area contributed by atoms with Crippen molar-refractivity contribution < 1.29 is 18.7 Å². The standard InChI is InChI=1S/C23H15BrClFO3/c1-13-7-18(28-12-15-5-6-17(26)10-19(15)25)11-20-22(13)23(27)21(29-20)9-14-3-2-4-16(24)8-14/h2-11H,12H2,1H3/b21-9-. The Bertz CT molecular complexity index is 1160. The Hall–Kier alpha value is -2.63. The van der Waals surface area contributed by atoms with E-state index in [1.807, 2.05) is 31.2 Å². The third-order valence-corrected chi connectivity index (χ3v) is 5.34. The lowest BCUT2D eigenvalue weighted by Gasteiger charge is -2.10. The summed E-state index contributed by atoms with van der Waals surface area (Å²) in [6, 6.07) is 15.2. The van der Waals surface area contributed by atoms with Crippen LogP contribution < -0.4 is 9.47 Å². The Kier molecular flexibility index (Phi) is 5.43. The van der Waals surface area contributed by atoms with Gasteiger partial charge in [0.2, 0.25) is 5.78 Å². The Morgan fingerprint density at radius 2 is 2.00 bits per heavy atom. The zero-order chi connectivity index (χ0) is 20.5. The maximum Gasteiger partial charge on any atom is 0.232 e. The van der Waals surface area contributed by atoms with Crippen molar-refractivity contribution in [2.45, 2.75) is 13.5 Å². The number of rotatable bonds is 4. The van der Waals surface area contributed by atoms with Gasteiger partial charge in [-0.2, -0.15) is 0 Å². The summed E-state index contributed by atoms with van der Waals surface area (Å²) in [7, 11) is 0. The van der Waals surface area contributed by atoms with Crippen LogP contribution >= 0.6 is 27.5 Å². The number of hydrogen-bond acceptors (Lipinski definition) is 3. The van der Waals surface area contributed by atoms with E-state index in [1.54, 1.807) is 24.3 Å². The second-order valence-corrected chi connectivity index (χ2v) is 7.96. The topological polar surface area (TPSA) is 35.5 Å². The maximum absolute atomic E-state index is 13.2. The van der Waals surface area contributed by atoms with Crippen LogP contribution in [0.15, 0.2) is 64.8 Å². The van der Waals surface area contributed by atoms with Crippen molar-refractivity contribution in [1.82, 2.24) is 0 Å². The monoisotopic (exact) mass is 472 g/mol. The summed E-state index contributed by atoms with van der Waals surface area (Å²) in [6.45, 7) is 2.01. The number of ketones is 1. The van der Waals surface area contributed by atoms with Gasteiger partial charge in [0.1, 0.15) is 23.9 Å². The van der Waals surface area contributed by atoms with Gasteiger partial charge in [-0.15, -0.1) is 0 Å². The van der Waals surface area contributed by atoms with E-state index in [0.717, 1.165) is 15.6 Å². The summed E-state index contributed by atoms with van der Waals surface area (Å²) in [4.78, 5) is 12.8. The van der Waals surface area contributed by atoms with E-state index >= 15 is 0 Å². The van der Waals surface area contributed by atoms with Crippen LogP contribution in [0.3, 0.4) is 0 Å². The number of aryl methyl sites for hydroxylation is 1. The summed E-state index contributed by atoms with van der Waals surface area (Å²) in [6.07, 6.45) is 1.71. The molecule has 3 nitrogen and oxygen atoms in total. The molecular weight excluding hydrogens is 459 g/mol. The molecule has 1 heterocycles. The smallest absolute Gasteiger partial charge is 0.232 e. The minimum absolute atomic E-state index is 0.161. The van der Waals surface area contributed by atoms with Crippen molar-refractivity contribution in [3.05, 3.63) is 97.9 Å². The predicted octanol–water partition coefficient (Wildman–Crippen LogP) is 6.75. The Morgan fingerprint density at radius 3 is 2.76 bits per heavy atom. The largest absolute Gasteiger partial charge is 0.489 e. The number of carbonyl (C=O) groups is 1. The van der Waals surface area contributed by atoms with Gasteiger partial charge in [-0.1, -0.05) is 45.7 Å². The van der Waals surface area contributed by atoms with Crippen molar-refractivity contribution in [2.24, 2.45) is 0 Å². The molecule has 0 fully saturated rings. The highest BCUT2D eigenvalue weighted by Gasteiger charge is 2.30. The molecule has 3 aromatic carbocycles. The molecule has 146 valence electrons. The van der Waals surface area contributed by atoms with E-state index in [4.69, 9.17) is 21.1 Å². The summed E-state index contributed by atoms with van der Waals surface area (Å²) in [5.41, 5.74) is 2.80. The molecule has 0 spiro atoms. The molecule has 0 saturated carbocycles. The SMILES string of the molecule is Cc1cc(OCc2ccc(F)cc2Cl)cc2c1C(=O)/C(=C/c1cccc(Br)c1)O2. The summed E-state index contributed by atoms with van der Waals surface area (Å²) < 4.78 is 25.7. The number of halogens is 3. The molecule has 1 aliphatic rings. The molecule has 0 N–H and O–H groups in total. The normalized spacial score (nSPS) is 14.1. The number of carbonyl (C=O) groups excluding carboxylic acids is 1. The molecule has 0 bridgehead atoms. The zero-order valence-corrected chi connectivity index (χ0v) is 17.7. The Balaban J connectivity index is 1.57. The lowest BCUT2D eigenvalue weighted by Crippen LogP contribution is -2.00. The zero-order valence-electron chi connectivity index (χ0n) is 15.3. The average molecular weight is 474 g/mol. The van der Waals surface area contributed by atoms with E-state index in [9.17, 15) is 9.18 Å². The molecule has 0 radical (unpaired) electrons. The van der Waals surface area contributed by atoms with Crippen LogP contribution in [0.5, 0.6) is 11.5 Å². The van der Waals surface area contributed by atoms with E-state index in [1.165, 1.54) is 12.1 Å². The van der Waals surface area contributed by atoms with Crippen LogP contribution in [0.4, 0.5) is 4.39 Å². The number of hydrogen-bond donors (Lipinski definition) is 0. The fraction of sp³-hybridized carbons (Fsp3) is 0.0870. The van der Waals surface area contributed by atoms with Crippen molar-refractivity contribution in [3.63, 3.8) is 0 Å². The molecule has 6 heteroatoms. The molecule has 4 rings (SSSR count). The first-order chi connectivity index (χ1) is 13.9. The third-order valence-electron chi connectivity index (χ3n) is 4.50. The van der Waals surface area contributed by atoms with Crippen LogP contribution in [0.1, 0.15) is 27.0 Å². The van der Waals surface area contributed by atoms with E-state index in [0.29, 0.717) is 27.6 Å². The Morgan fingerprint density at radius 1 is 1.17 bits per heavy atom. The minimum atomic E-state index is -0.399. The highest BCUT2D eigenvalue weighted by Crippen LogP contribution is 2.38. The first-order valence-electron chi connectivity index (χ1n) is 8.82. The molecule has 0 aliphatic carbocycles. The van der Waals surface area contributed by atoms with Gasteiger partial charge < -0.3 is 9.47 Å². The summed E-state index contributed by atoms with van der Waals surface area (Å²) in [5.74, 6) is 0.698. The lowest BCUT2D eigenvalue weighted by molar-refractivity contribution is 0.101. The average Bonchev–Trinajstić information content (AvgIpc) is 2.97. The lowest BCUT2D eigenvalue weighted by atomic mass is 10.0. The molecule has 0 amide bonds. The number of Topliss-reactive ketones (excluding diaryl/α,β-unsaturated/α-hetero) is 1. The molecule has 0 aromatic heterocycles. The first-order valence-corrected chi connectivity index (χ1v) is 9.99. The van der Waals surface area contributed by atoms with Crippen molar-refractivity contribution in [3.8, 4) is 11.5 Å². The molecule has 0 saturated heterocycles. The van der Waals surface area contributed by atoms with Gasteiger partial charge >= 0.3 is 0 Å². The van der Waals surface area contributed by atoms with Crippen molar-refractivity contribution >= 4 is 39.4 Å². The van der Waals surface area contributed by atoms with Crippen LogP contribution in [-0.2, 0) is 6.61 Å². The van der Waals surface area contributed by atoms with Gasteiger partial charge in [-0.05, 0) is 54.5 Å². The number of benzene rings is 3. The van der Waals surface area contributed by atoms with Crippen LogP contribution in [0, 0.1) is 12.7 Å². The first kappa shape index (κ1) is 19.7. The molecule has 3 aromatic rings. The highest BCUT2D eigenvalue weighted by molar-refractivity contribution is 9.10. The summed E-state index contributed by atoms with van der Waals surface area (Å²) >= 11 is 9.47. The van der Waals surface area contributed by atoms with Crippen molar-refractivity contribution in [2.75, 3.05) is 0 Å². The molecule has 0 atom stereocenters. The quantitative estimate of drug-likeness (QED) is 0.393. The second kappa shape index (κ2) is 8.01. The maximum atomic E-state index is 13.2. The number of fused-ring (bicyclic) bond motifs is 1. The van der Waals surface area contributed by atoms with E-state index < -0.39 is 5.82 Å². The van der Waals surface area contributed by atoms with E-state index in [-0.39, 0.29) is 18.1 Å². The van der Waals surface area contributed by atoms with Gasteiger partial charge in [0.15, 0.2) is 5.76 Å². The van der Waals surface area contributed by atoms with Gasteiger partial charge in [0.25, 0.3) is 0 Å². The second-order valence-electron chi connectivity index (χ2n) is 6.63. The highest BCUT2D eigenvalue weighted by atomic mass is 79.9. The van der Waals surface area contributed by atoms with Gasteiger partial charge in [-0.25, -0.2) is 4.39 Å². The fourth-order valence-electron chi connectivity index (χ4n) is 3.11. The molecule has 0 unspecified atom stereocenters.